The Bertz CT molecular complexity index is 512. The van der Waals surface area contributed by atoms with Gasteiger partial charge >= 0.3 is 0 Å². The second-order valence-corrected chi connectivity index (χ2v) is 6.40. The number of piperidine rings is 1. The summed E-state index contributed by atoms with van der Waals surface area (Å²) in [6.07, 6.45) is 3.43. The van der Waals surface area contributed by atoms with Crippen LogP contribution in [0.2, 0.25) is 0 Å². The Morgan fingerprint density at radius 2 is 2.10 bits per heavy atom. The van der Waals surface area contributed by atoms with Crippen LogP contribution >= 0.6 is 0 Å². The van der Waals surface area contributed by atoms with Gasteiger partial charge in [-0.3, -0.25) is 4.79 Å². The molecule has 2 unspecified atom stereocenters. The Hall–Kier alpha value is -1.35. The standard InChI is InChI=1S/C17H24N2O/c1-12-3-4-13(2)19(11-12)17(20)15-6-5-14-7-8-18-10-16(14)9-15/h5-6,9,12-13,18H,3-4,7-8,10-11H2,1-2H3. The zero-order valence-electron chi connectivity index (χ0n) is 12.5. The van der Waals surface area contributed by atoms with Crippen molar-refractivity contribution >= 4 is 5.91 Å². The Balaban J connectivity index is 1.82. The first kappa shape index (κ1) is 13.6. The van der Waals surface area contributed by atoms with Gasteiger partial charge in [-0.15, -0.1) is 0 Å². The summed E-state index contributed by atoms with van der Waals surface area (Å²) in [7, 11) is 0. The fourth-order valence-electron chi connectivity index (χ4n) is 3.35. The molecule has 2 atom stereocenters. The molecule has 108 valence electrons. The van der Waals surface area contributed by atoms with Crippen LogP contribution in [0.5, 0.6) is 0 Å². The number of hydrogen-bond donors (Lipinski definition) is 1. The van der Waals surface area contributed by atoms with Gasteiger partial charge in [-0.25, -0.2) is 0 Å². The summed E-state index contributed by atoms with van der Waals surface area (Å²) in [4.78, 5) is 14.8. The van der Waals surface area contributed by atoms with E-state index in [1.165, 1.54) is 17.5 Å². The summed E-state index contributed by atoms with van der Waals surface area (Å²) < 4.78 is 0. The van der Waals surface area contributed by atoms with E-state index in [-0.39, 0.29) is 5.91 Å². The van der Waals surface area contributed by atoms with Crippen LogP contribution in [0, 0.1) is 5.92 Å². The van der Waals surface area contributed by atoms with Crippen molar-refractivity contribution in [3.05, 3.63) is 34.9 Å². The number of hydrogen-bond acceptors (Lipinski definition) is 2. The third-order valence-electron chi connectivity index (χ3n) is 4.72. The molecule has 1 saturated heterocycles. The Morgan fingerprint density at radius 3 is 2.95 bits per heavy atom. The van der Waals surface area contributed by atoms with Crippen molar-refractivity contribution in [3.8, 4) is 0 Å². The number of rotatable bonds is 1. The highest BCUT2D eigenvalue weighted by atomic mass is 16.2. The van der Waals surface area contributed by atoms with Gasteiger partial charge in [-0.2, -0.15) is 0 Å². The van der Waals surface area contributed by atoms with Crippen molar-refractivity contribution in [2.45, 2.75) is 45.7 Å². The van der Waals surface area contributed by atoms with Crippen LogP contribution in [-0.4, -0.2) is 29.9 Å². The van der Waals surface area contributed by atoms with Crippen LogP contribution in [0.3, 0.4) is 0 Å². The molecule has 1 fully saturated rings. The average molecular weight is 272 g/mol. The molecule has 0 aromatic heterocycles. The van der Waals surface area contributed by atoms with E-state index in [0.29, 0.717) is 12.0 Å². The highest BCUT2D eigenvalue weighted by molar-refractivity contribution is 5.94. The van der Waals surface area contributed by atoms with Crippen LogP contribution in [0.15, 0.2) is 18.2 Å². The number of carbonyl (C=O) groups excluding carboxylic acids is 1. The van der Waals surface area contributed by atoms with E-state index in [1.54, 1.807) is 0 Å². The molecule has 0 bridgehead atoms. The van der Waals surface area contributed by atoms with Gasteiger partial charge in [0.05, 0.1) is 0 Å². The summed E-state index contributed by atoms with van der Waals surface area (Å²) in [5, 5.41) is 3.38. The Morgan fingerprint density at radius 1 is 1.25 bits per heavy atom. The van der Waals surface area contributed by atoms with E-state index in [2.05, 4.69) is 36.2 Å². The molecule has 1 N–H and O–H groups in total. The van der Waals surface area contributed by atoms with Crippen LogP contribution in [0.25, 0.3) is 0 Å². The van der Waals surface area contributed by atoms with Crippen molar-refractivity contribution < 1.29 is 4.79 Å². The fourth-order valence-corrected chi connectivity index (χ4v) is 3.35. The molecule has 1 aromatic carbocycles. The molecule has 1 aromatic rings. The molecule has 2 heterocycles. The van der Waals surface area contributed by atoms with Crippen molar-refractivity contribution in [3.63, 3.8) is 0 Å². The minimum Gasteiger partial charge on any atom is -0.336 e. The van der Waals surface area contributed by atoms with Crippen LogP contribution in [0.4, 0.5) is 0 Å². The number of fused-ring (bicyclic) bond motifs is 1. The first-order chi connectivity index (χ1) is 9.65. The lowest BCUT2D eigenvalue weighted by molar-refractivity contribution is 0.0574. The molecule has 1 amide bonds. The molecule has 2 aliphatic heterocycles. The summed E-state index contributed by atoms with van der Waals surface area (Å²) in [6, 6.07) is 6.61. The van der Waals surface area contributed by atoms with Gasteiger partial charge in [0.15, 0.2) is 0 Å². The second kappa shape index (κ2) is 5.57. The average Bonchev–Trinajstić information content (AvgIpc) is 2.48. The highest BCUT2D eigenvalue weighted by Crippen LogP contribution is 2.24. The first-order valence-electron chi connectivity index (χ1n) is 7.78. The topological polar surface area (TPSA) is 32.3 Å². The monoisotopic (exact) mass is 272 g/mol. The molecule has 0 saturated carbocycles. The molecule has 0 aliphatic carbocycles. The van der Waals surface area contributed by atoms with E-state index in [0.717, 1.165) is 38.0 Å². The largest absolute Gasteiger partial charge is 0.336 e. The third-order valence-corrected chi connectivity index (χ3v) is 4.72. The van der Waals surface area contributed by atoms with E-state index in [4.69, 9.17) is 0 Å². The lowest BCUT2D eigenvalue weighted by Gasteiger charge is -2.37. The lowest BCUT2D eigenvalue weighted by Crippen LogP contribution is -2.45. The maximum absolute atomic E-state index is 12.7. The quantitative estimate of drug-likeness (QED) is 0.852. The van der Waals surface area contributed by atoms with Gasteiger partial charge in [0.2, 0.25) is 0 Å². The minimum absolute atomic E-state index is 0.206. The number of amides is 1. The number of carbonyl (C=O) groups is 1. The van der Waals surface area contributed by atoms with Crippen molar-refractivity contribution in [2.75, 3.05) is 13.1 Å². The number of likely N-dealkylation sites (tertiary alicyclic amines) is 1. The molecule has 2 aliphatic rings. The Labute approximate surface area is 121 Å². The second-order valence-electron chi connectivity index (χ2n) is 6.40. The summed E-state index contributed by atoms with van der Waals surface area (Å²) >= 11 is 0. The van der Waals surface area contributed by atoms with E-state index < -0.39 is 0 Å². The van der Waals surface area contributed by atoms with Crippen molar-refractivity contribution in [1.82, 2.24) is 10.2 Å². The first-order valence-corrected chi connectivity index (χ1v) is 7.78. The van der Waals surface area contributed by atoms with E-state index in [1.807, 2.05) is 6.07 Å². The minimum atomic E-state index is 0.206. The Kier molecular flexibility index (Phi) is 3.79. The van der Waals surface area contributed by atoms with Gasteiger partial charge in [0, 0.05) is 24.7 Å². The van der Waals surface area contributed by atoms with Gasteiger partial charge in [-0.1, -0.05) is 13.0 Å². The molecule has 3 heteroatoms. The fraction of sp³-hybridized carbons (Fsp3) is 0.588. The summed E-state index contributed by atoms with van der Waals surface area (Å²) in [6.45, 7) is 7.24. The smallest absolute Gasteiger partial charge is 0.254 e. The maximum atomic E-state index is 12.7. The van der Waals surface area contributed by atoms with Gasteiger partial charge in [0.25, 0.3) is 5.91 Å². The molecule has 20 heavy (non-hydrogen) atoms. The van der Waals surface area contributed by atoms with Crippen LogP contribution in [0.1, 0.15) is 48.2 Å². The SMILES string of the molecule is CC1CCC(C)N(C(=O)c2ccc3c(c2)CNCC3)C1. The summed E-state index contributed by atoms with van der Waals surface area (Å²) in [5.74, 6) is 0.826. The molecule has 0 spiro atoms. The summed E-state index contributed by atoms with van der Waals surface area (Å²) in [5.41, 5.74) is 3.54. The number of nitrogens with zero attached hydrogens (tertiary/aromatic N) is 1. The number of nitrogens with one attached hydrogen (secondary N) is 1. The zero-order valence-corrected chi connectivity index (χ0v) is 12.5. The molecular formula is C17H24N2O. The van der Waals surface area contributed by atoms with Gasteiger partial charge in [-0.05, 0) is 61.9 Å². The lowest BCUT2D eigenvalue weighted by atomic mass is 9.93. The van der Waals surface area contributed by atoms with Crippen LogP contribution < -0.4 is 5.32 Å². The van der Waals surface area contributed by atoms with E-state index in [9.17, 15) is 4.79 Å². The molecular weight excluding hydrogens is 248 g/mol. The molecule has 3 rings (SSSR count). The molecule has 3 nitrogen and oxygen atoms in total. The predicted molar refractivity (Wildman–Crippen MR) is 80.7 cm³/mol. The van der Waals surface area contributed by atoms with Gasteiger partial charge < -0.3 is 10.2 Å². The van der Waals surface area contributed by atoms with Crippen molar-refractivity contribution in [2.24, 2.45) is 5.92 Å². The van der Waals surface area contributed by atoms with Crippen molar-refractivity contribution in [1.29, 1.82) is 0 Å². The van der Waals surface area contributed by atoms with E-state index >= 15 is 0 Å². The normalized spacial score (nSPS) is 26.2. The van der Waals surface area contributed by atoms with Gasteiger partial charge in [0.1, 0.15) is 0 Å². The van der Waals surface area contributed by atoms with Crippen LogP contribution in [-0.2, 0) is 13.0 Å². The highest BCUT2D eigenvalue weighted by Gasteiger charge is 2.28. The molecule has 0 radical (unpaired) electrons. The number of benzene rings is 1. The zero-order chi connectivity index (χ0) is 14.1. The maximum Gasteiger partial charge on any atom is 0.254 e. The third kappa shape index (κ3) is 2.59. The predicted octanol–water partition coefficient (Wildman–Crippen LogP) is 2.59.